The molecule has 1 heterocycles. The molecule has 10 heteroatoms. The Kier molecular flexibility index (Phi) is 7.83. The average molecular weight is 520 g/mol. The van der Waals surface area contributed by atoms with Crippen LogP contribution in [0.5, 0.6) is 5.75 Å². The number of ether oxygens (including phenoxy) is 1. The molecule has 2 aromatic carbocycles. The van der Waals surface area contributed by atoms with Crippen LogP contribution in [-0.2, 0) is 9.59 Å². The lowest BCUT2D eigenvalue weighted by Crippen LogP contribution is -2.43. The molecule has 3 rings (SSSR count). The average Bonchev–Trinajstić information content (AvgIpc) is 3.03. The zero-order chi connectivity index (χ0) is 22.4. The van der Waals surface area contributed by atoms with E-state index in [0.29, 0.717) is 20.5 Å². The van der Waals surface area contributed by atoms with Crippen molar-refractivity contribution in [1.29, 1.82) is 0 Å². The molecule has 160 valence electrons. The third-order valence-corrected chi connectivity index (χ3v) is 6.19. The highest BCUT2D eigenvalue weighted by atomic mass is 79.9. The smallest absolute Gasteiger partial charge is 0.269 e. The molecule has 0 aliphatic carbocycles. The maximum atomic E-state index is 12.7. The number of rotatable bonds is 6. The molecule has 2 aromatic rings. The molecule has 2 N–H and O–H groups in total. The minimum Gasteiger partial charge on any atom is -0.496 e. The van der Waals surface area contributed by atoms with Gasteiger partial charge in [0.25, 0.3) is 11.8 Å². The number of amides is 3. The van der Waals surface area contributed by atoms with Crippen LogP contribution in [0.25, 0.3) is 6.08 Å². The van der Waals surface area contributed by atoms with E-state index in [-0.39, 0.29) is 18.9 Å². The second-order valence-corrected chi connectivity index (χ2v) is 8.93. The van der Waals surface area contributed by atoms with E-state index in [4.69, 9.17) is 17.0 Å². The normalized spacial score (nSPS) is 14.6. The van der Waals surface area contributed by atoms with Gasteiger partial charge in [-0.3, -0.25) is 30.1 Å². The van der Waals surface area contributed by atoms with Gasteiger partial charge in [-0.2, -0.15) is 0 Å². The van der Waals surface area contributed by atoms with Crippen LogP contribution in [0.4, 0.5) is 0 Å². The molecule has 0 aromatic heterocycles. The lowest BCUT2D eigenvalue weighted by atomic mass is 10.2. The second kappa shape index (κ2) is 10.6. The predicted octanol–water partition coefficient (Wildman–Crippen LogP) is 3.51. The van der Waals surface area contributed by atoms with E-state index >= 15 is 0 Å². The van der Waals surface area contributed by atoms with Gasteiger partial charge >= 0.3 is 0 Å². The molecule has 0 unspecified atom stereocenters. The zero-order valence-corrected chi connectivity index (χ0v) is 19.6. The van der Waals surface area contributed by atoms with Crippen molar-refractivity contribution in [2.24, 2.45) is 0 Å². The van der Waals surface area contributed by atoms with Crippen molar-refractivity contribution in [3.8, 4) is 5.75 Å². The maximum Gasteiger partial charge on any atom is 0.269 e. The quantitative estimate of drug-likeness (QED) is 0.345. The first-order valence-corrected chi connectivity index (χ1v) is 11.1. The summed E-state index contributed by atoms with van der Waals surface area (Å²) in [5.74, 6) is -0.499. The van der Waals surface area contributed by atoms with Gasteiger partial charge in [0, 0.05) is 28.6 Å². The van der Waals surface area contributed by atoms with Crippen LogP contribution < -0.4 is 15.6 Å². The topological polar surface area (TPSA) is 87.7 Å². The predicted molar refractivity (Wildman–Crippen MR) is 127 cm³/mol. The highest BCUT2D eigenvalue weighted by Gasteiger charge is 2.32. The van der Waals surface area contributed by atoms with Crippen molar-refractivity contribution < 1.29 is 19.1 Å². The number of halogens is 1. The fourth-order valence-electron chi connectivity index (χ4n) is 2.70. The Morgan fingerprint density at radius 3 is 2.58 bits per heavy atom. The molecule has 1 aliphatic heterocycles. The lowest BCUT2D eigenvalue weighted by molar-refractivity contribution is -0.124. The van der Waals surface area contributed by atoms with Crippen LogP contribution in [0.3, 0.4) is 0 Å². The Bertz CT molecular complexity index is 1060. The summed E-state index contributed by atoms with van der Waals surface area (Å²) in [4.78, 5) is 38.7. The number of carbonyl (C=O) groups excluding carboxylic acids is 3. The number of hydrazine groups is 1. The first kappa shape index (κ1) is 23.0. The molecule has 3 amide bonds. The fourth-order valence-corrected chi connectivity index (χ4v) is 4.26. The molecule has 0 atom stereocenters. The van der Waals surface area contributed by atoms with Crippen molar-refractivity contribution >= 4 is 68.0 Å². The summed E-state index contributed by atoms with van der Waals surface area (Å²) in [6.45, 7) is 0.105. The van der Waals surface area contributed by atoms with Gasteiger partial charge in [-0.05, 0) is 36.4 Å². The van der Waals surface area contributed by atoms with Gasteiger partial charge in [0.05, 0.1) is 12.0 Å². The Morgan fingerprint density at radius 2 is 1.87 bits per heavy atom. The third kappa shape index (κ3) is 5.93. The summed E-state index contributed by atoms with van der Waals surface area (Å²) >= 11 is 9.76. The van der Waals surface area contributed by atoms with Crippen molar-refractivity contribution in [3.63, 3.8) is 0 Å². The van der Waals surface area contributed by atoms with Crippen molar-refractivity contribution in [2.75, 3.05) is 13.7 Å². The van der Waals surface area contributed by atoms with Gasteiger partial charge in [-0.25, -0.2) is 0 Å². The standard InChI is InChI=1S/C21H18BrN3O4S2/c1-29-16-5-3-2-4-14(16)12-17-20(28)25(21(30)31-17)11-10-18(26)23-24-19(27)13-6-8-15(22)9-7-13/h2-9,12H,10-11H2,1H3,(H,23,26)(H,24,27)/b17-12-. The van der Waals surface area contributed by atoms with Gasteiger partial charge in [-0.1, -0.05) is 58.1 Å². The summed E-state index contributed by atoms with van der Waals surface area (Å²) in [6, 6.07) is 14.0. The Morgan fingerprint density at radius 1 is 1.16 bits per heavy atom. The number of hydrogen-bond acceptors (Lipinski definition) is 6. The second-order valence-electron chi connectivity index (χ2n) is 6.33. The van der Waals surface area contributed by atoms with Crippen LogP contribution in [0, 0.1) is 0 Å². The van der Waals surface area contributed by atoms with Gasteiger partial charge < -0.3 is 4.74 Å². The number of carbonyl (C=O) groups is 3. The van der Waals surface area contributed by atoms with E-state index < -0.39 is 11.8 Å². The Labute approximate surface area is 197 Å². The number of nitrogens with zero attached hydrogens (tertiary/aromatic N) is 1. The van der Waals surface area contributed by atoms with Crippen LogP contribution in [0.2, 0.25) is 0 Å². The van der Waals surface area contributed by atoms with E-state index in [2.05, 4.69) is 26.8 Å². The number of hydrogen-bond donors (Lipinski definition) is 2. The summed E-state index contributed by atoms with van der Waals surface area (Å²) in [6.07, 6.45) is 1.70. The number of benzene rings is 2. The highest BCUT2D eigenvalue weighted by Crippen LogP contribution is 2.34. The van der Waals surface area contributed by atoms with Gasteiger partial charge in [0.1, 0.15) is 10.1 Å². The molecule has 1 aliphatic rings. The number of nitrogens with one attached hydrogen (secondary N) is 2. The largest absolute Gasteiger partial charge is 0.496 e. The molecule has 1 fully saturated rings. The van der Waals surface area contributed by atoms with Gasteiger partial charge in [-0.15, -0.1) is 0 Å². The first-order chi connectivity index (χ1) is 14.9. The summed E-state index contributed by atoms with van der Waals surface area (Å²) in [7, 11) is 1.56. The Hall–Kier alpha value is -2.69. The van der Waals surface area contributed by atoms with Gasteiger partial charge in [0.15, 0.2) is 0 Å². The molecule has 0 radical (unpaired) electrons. The minimum atomic E-state index is -0.439. The number of thiocarbonyl (C=S) groups is 1. The van der Waals surface area contributed by atoms with Crippen molar-refractivity contribution in [1.82, 2.24) is 15.8 Å². The molecule has 31 heavy (non-hydrogen) atoms. The zero-order valence-electron chi connectivity index (χ0n) is 16.4. The summed E-state index contributed by atoms with van der Waals surface area (Å²) < 4.78 is 6.52. The molecule has 0 spiro atoms. The number of thioether (sulfide) groups is 1. The molecule has 0 bridgehead atoms. The van der Waals surface area contributed by atoms with E-state index in [1.54, 1.807) is 43.5 Å². The summed E-state index contributed by atoms with van der Waals surface area (Å²) in [5.41, 5.74) is 5.86. The molecule has 0 saturated carbocycles. The molecule has 1 saturated heterocycles. The van der Waals surface area contributed by atoms with Crippen LogP contribution in [-0.4, -0.2) is 40.6 Å². The number of para-hydroxylation sites is 1. The molecular formula is C21H18BrN3O4S2. The van der Waals surface area contributed by atoms with Gasteiger partial charge in [0.2, 0.25) is 5.91 Å². The fraction of sp³-hybridized carbons (Fsp3) is 0.143. The minimum absolute atomic E-state index is 0.0189. The van der Waals surface area contributed by atoms with E-state index in [1.165, 1.54) is 16.7 Å². The lowest BCUT2D eigenvalue weighted by Gasteiger charge is -2.14. The van der Waals surface area contributed by atoms with Crippen molar-refractivity contribution in [3.05, 3.63) is 69.0 Å². The maximum absolute atomic E-state index is 12.7. The van der Waals surface area contributed by atoms with Crippen LogP contribution in [0.15, 0.2) is 57.9 Å². The van der Waals surface area contributed by atoms with E-state index in [9.17, 15) is 14.4 Å². The van der Waals surface area contributed by atoms with Crippen LogP contribution >= 0.6 is 39.9 Å². The number of methoxy groups -OCH3 is 1. The Balaban J connectivity index is 1.54. The van der Waals surface area contributed by atoms with Crippen LogP contribution in [0.1, 0.15) is 22.3 Å². The van der Waals surface area contributed by atoms with Crippen molar-refractivity contribution in [2.45, 2.75) is 6.42 Å². The molecular weight excluding hydrogens is 502 g/mol. The first-order valence-electron chi connectivity index (χ1n) is 9.12. The SMILES string of the molecule is COc1ccccc1/C=C1\SC(=S)N(CCC(=O)NNC(=O)c2ccc(Br)cc2)C1=O. The monoisotopic (exact) mass is 519 g/mol. The summed E-state index contributed by atoms with van der Waals surface area (Å²) in [5, 5.41) is 0. The third-order valence-electron chi connectivity index (χ3n) is 4.28. The highest BCUT2D eigenvalue weighted by molar-refractivity contribution is 9.10. The van der Waals surface area contributed by atoms with E-state index in [1.807, 2.05) is 18.2 Å². The molecule has 7 nitrogen and oxygen atoms in total. The van der Waals surface area contributed by atoms with E-state index in [0.717, 1.165) is 10.0 Å².